The van der Waals surface area contributed by atoms with Gasteiger partial charge in [-0.3, -0.25) is 0 Å². The van der Waals surface area contributed by atoms with E-state index in [9.17, 15) is 0 Å². The minimum atomic E-state index is 0.649. The summed E-state index contributed by atoms with van der Waals surface area (Å²) in [6.07, 6.45) is 3.58. The van der Waals surface area contributed by atoms with Gasteiger partial charge >= 0.3 is 0 Å². The summed E-state index contributed by atoms with van der Waals surface area (Å²) in [5.74, 6) is 2.45. The highest BCUT2D eigenvalue weighted by molar-refractivity contribution is 5.78. The average Bonchev–Trinajstić information content (AvgIpc) is 3.17. The lowest BCUT2D eigenvalue weighted by molar-refractivity contribution is 0.880. The van der Waals surface area contributed by atoms with Gasteiger partial charge in [0.1, 0.15) is 17.5 Å². The van der Waals surface area contributed by atoms with Crippen LogP contribution in [0.5, 0.6) is 0 Å². The number of pyridine rings is 6. The first-order valence-corrected chi connectivity index (χ1v) is 18.5. The molecule has 52 heavy (non-hydrogen) atoms. The number of hydrogen-bond acceptors (Lipinski definition) is 9. The molecule has 0 saturated carbocycles. The lowest BCUT2D eigenvalue weighted by atomic mass is 9.83. The van der Waals surface area contributed by atoms with Crippen LogP contribution in [0.4, 0.5) is 17.5 Å². The SMILES string of the molecule is CCc1ccc2ccc(NCc3c(CC)c(CNc4ccc5ccc(C)nc5n4)c(CC)c(CNc4ccc5ccc(C)nc5n4)c3CC)nc2n1. The van der Waals surface area contributed by atoms with Crippen LogP contribution in [0.25, 0.3) is 33.1 Å². The summed E-state index contributed by atoms with van der Waals surface area (Å²) in [6, 6.07) is 24.8. The van der Waals surface area contributed by atoms with Crippen molar-refractivity contribution < 1.29 is 0 Å². The molecule has 0 aliphatic heterocycles. The van der Waals surface area contributed by atoms with Gasteiger partial charge < -0.3 is 16.0 Å². The van der Waals surface area contributed by atoms with Crippen LogP contribution in [-0.4, -0.2) is 29.9 Å². The van der Waals surface area contributed by atoms with Gasteiger partial charge in [0.05, 0.1) is 0 Å². The molecule has 1 aromatic carbocycles. The molecule has 6 aromatic heterocycles. The normalized spacial score (nSPS) is 11.4. The first-order chi connectivity index (χ1) is 25.4. The Morgan fingerprint density at radius 2 is 0.712 bits per heavy atom. The fourth-order valence-corrected chi connectivity index (χ4v) is 7.27. The van der Waals surface area contributed by atoms with Crippen molar-refractivity contribution in [3.8, 4) is 0 Å². The molecule has 0 bridgehead atoms. The van der Waals surface area contributed by atoms with E-state index in [4.69, 9.17) is 19.9 Å². The van der Waals surface area contributed by atoms with Gasteiger partial charge in [-0.15, -0.1) is 0 Å². The van der Waals surface area contributed by atoms with Gasteiger partial charge in [0.25, 0.3) is 0 Å². The van der Waals surface area contributed by atoms with Gasteiger partial charge in [-0.05, 0) is 146 Å². The highest BCUT2D eigenvalue weighted by Gasteiger charge is 2.22. The number of nitrogens with zero attached hydrogens (tertiary/aromatic N) is 6. The molecule has 0 radical (unpaired) electrons. The average molecular weight is 690 g/mol. The summed E-state index contributed by atoms with van der Waals surface area (Å²) in [5.41, 5.74) is 13.3. The molecular weight excluding hydrogens is 643 g/mol. The summed E-state index contributed by atoms with van der Waals surface area (Å²) in [4.78, 5) is 28.9. The number of aryl methyl sites for hydroxylation is 3. The van der Waals surface area contributed by atoms with E-state index < -0.39 is 0 Å². The zero-order valence-electron chi connectivity index (χ0n) is 31.1. The molecule has 6 heterocycles. The summed E-state index contributed by atoms with van der Waals surface area (Å²) in [6.45, 7) is 14.9. The molecule has 9 heteroatoms. The van der Waals surface area contributed by atoms with Crippen molar-refractivity contribution in [2.24, 2.45) is 0 Å². The summed E-state index contributed by atoms with van der Waals surface area (Å²) in [7, 11) is 0. The second kappa shape index (κ2) is 15.3. The highest BCUT2D eigenvalue weighted by Crippen LogP contribution is 2.33. The Labute approximate surface area is 305 Å². The third-order valence-corrected chi connectivity index (χ3v) is 9.94. The van der Waals surface area contributed by atoms with E-state index in [1.165, 1.54) is 33.4 Å². The lowest BCUT2D eigenvalue weighted by Crippen LogP contribution is -2.19. The standard InChI is InChI=1S/C43H47N9/c1-7-31-19-15-30-18-22-40(52-43(30)49-31)46-25-37-33(9-3)35(23-44-38-20-16-28-13-11-26(5)47-41(28)50-38)32(8-2)36(34(37)10-4)24-45-39-21-17-29-14-12-27(6)48-42(29)51-39/h11-22H,7-10,23-25H2,1-6H3,(H,44,47,50)(H,45,48,51)(H,46,49,52). The maximum absolute atomic E-state index is 4.93. The van der Waals surface area contributed by atoms with Gasteiger partial charge in [0.2, 0.25) is 0 Å². The highest BCUT2D eigenvalue weighted by atomic mass is 15.0. The Bertz CT molecular complexity index is 2280. The van der Waals surface area contributed by atoms with Crippen LogP contribution in [0.2, 0.25) is 0 Å². The Morgan fingerprint density at radius 3 is 1.08 bits per heavy atom. The molecule has 7 rings (SSSR count). The van der Waals surface area contributed by atoms with E-state index in [1.54, 1.807) is 0 Å². The van der Waals surface area contributed by atoms with E-state index in [-0.39, 0.29) is 0 Å². The second-order valence-electron chi connectivity index (χ2n) is 13.3. The van der Waals surface area contributed by atoms with Gasteiger partial charge in [0, 0.05) is 52.9 Å². The monoisotopic (exact) mass is 689 g/mol. The van der Waals surface area contributed by atoms with Gasteiger partial charge in [0.15, 0.2) is 16.9 Å². The summed E-state index contributed by atoms with van der Waals surface area (Å²) < 4.78 is 0. The van der Waals surface area contributed by atoms with E-state index in [0.717, 1.165) is 93.3 Å². The quantitative estimate of drug-likeness (QED) is 0.109. The molecule has 0 amide bonds. The fraction of sp³-hybridized carbons (Fsp3) is 0.302. The van der Waals surface area contributed by atoms with Crippen LogP contribution in [-0.2, 0) is 45.3 Å². The van der Waals surface area contributed by atoms with Crippen LogP contribution < -0.4 is 16.0 Å². The van der Waals surface area contributed by atoms with Crippen molar-refractivity contribution in [2.45, 2.75) is 86.9 Å². The van der Waals surface area contributed by atoms with Crippen LogP contribution in [0.3, 0.4) is 0 Å². The molecule has 3 N–H and O–H groups in total. The van der Waals surface area contributed by atoms with Gasteiger partial charge in [-0.25, -0.2) is 29.9 Å². The molecule has 0 fully saturated rings. The van der Waals surface area contributed by atoms with Crippen LogP contribution in [0, 0.1) is 13.8 Å². The molecule has 0 saturated heterocycles. The zero-order valence-corrected chi connectivity index (χ0v) is 31.1. The van der Waals surface area contributed by atoms with Crippen molar-refractivity contribution in [1.82, 2.24) is 29.9 Å². The predicted molar refractivity (Wildman–Crippen MR) is 214 cm³/mol. The molecule has 0 atom stereocenters. The Kier molecular flexibility index (Phi) is 10.2. The Hall–Kier alpha value is -5.70. The molecule has 0 aliphatic rings. The maximum atomic E-state index is 4.93. The second-order valence-corrected chi connectivity index (χ2v) is 13.3. The molecule has 0 spiro atoms. The number of anilines is 3. The number of rotatable bonds is 13. The fourth-order valence-electron chi connectivity index (χ4n) is 7.27. The maximum Gasteiger partial charge on any atom is 0.161 e. The molecule has 264 valence electrons. The molecule has 0 unspecified atom stereocenters. The molecular formula is C43H47N9. The van der Waals surface area contributed by atoms with Crippen molar-refractivity contribution in [1.29, 1.82) is 0 Å². The molecule has 0 aliphatic carbocycles. The number of benzene rings is 1. The third kappa shape index (κ3) is 7.21. The zero-order chi connectivity index (χ0) is 36.2. The van der Waals surface area contributed by atoms with Crippen LogP contribution >= 0.6 is 0 Å². The first-order valence-electron chi connectivity index (χ1n) is 18.5. The van der Waals surface area contributed by atoms with Gasteiger partial charge in [-0.2, -0.15) is 0 Å². The van der Waals surface area contributed by atoms with E-state index in [0.29, 0.717) is 19.6 Å². The van der Waals surface area contributed by atoms with Crippen molar-refractivity contribution in [2.75, 3.05) is 16.0 Å². The Morgan fingerprint density at radius 1 is 0.365 bits per heavy atom. The number of aromatic nitrogens is 6. The van der Waals surface area contributed by atoms with E-state index in [2.05, 4.69) is 102 Å². The van der Waals surface area contributed by atoms with Gasteiger partial charge in [-0.1, -0.05) is 27.7 Å². The summed E-state index contributed by atoms with van der Waals surface area (Å²) in [5, 5.41) is 14.2. The number of nitrogens with one attached hydrogen (secondary N) is 3. The number of fused-ring (bicyclic) bond motifs is 3. The Balaban J connectivity index is 1.27. The minimum Gasteiger partial charge on any atom is -0.366 e. The smallest absolute Gasteiger partial charge is 0.161 e. The predicted octanol–water partition coefficient (Wildman–Crippen LogP) is 9.22. The van der Waals surface area contributed by atoms with Crippen molar-refractivity contribution in [3.63, 3.8) is 0 Å². The topological polar surface area (TPSA) is 113 Å². The minimum absolute atomic E-state index is 0.649. The third-order valence-electron chi connectivity index (χ3n) is 9.94. The van der Waals surface area contributed by atoms with Crippen LogP contribution in [0.15, 0.2) is 72.8 Å². The van der Waals surface area contributed by atoms with Crippen LogP contribution in [0.1, 0.15) is 78.2 Å². The molecule has 7 aromatic rings. The number of hydrogen-bond donors (Lipinski definition) is 3. The largest absolute Gasteiger partial charge is 0.366 e. The van der Waals surface area contributed by atoms with Crippen molar-refractivity contribution in [3.05, 3.63) is 123 Å². The first kappa shape index (κ1) is 34.7. The van der Waals surface area contributed by atoms with E-state index >= 15 is 0 Å². The summed E-state index contributed by atoms with van der Waals surface area (Å²) >= 11 is 0. The molecule has 9 nitrogen and oxygen atoms in total. The lowest BCUT2D eigenvalue weighted by Gasteiger charge is -2.27. The van der Waals surface area contributed by atoms with Crippen molar-refractivity contribution >= 4 is 50.6 Å². The van der Waals surface area contributed by atoms with E-state index in [1.807, 2.05) is 38.1 Å².